The molecule has 0 radical (unpaired) electrons. The second kappa shape index (κ2) is 57.6. The molecule has 6 N–H and O–H groups in total. The molecular formula is C68H131NO11S. The maximum absolute atomic E-state index is 13.2. The van der Waals surface area contributed by atoms with Crippen molar-refractivity contribution in [3.05, 3.63) is 24.3 Å². The summed E-state index contributed by atoms with van der Waals surface area (Å²) in [5.74, 6) is -0.255. The molecule has 0 bridgehead atoms. The fourth-order valence-corrected chi connectivity index (χ4v) is 11.9. The number of amides is 1. The molecule has 81 heavy (non-hydrogen) atoms. The van der Waals surface area contributed by atoms with E-state index in [1.165, 1.54) is 283 Å². The number of hydrogen-bond donors (Lipinski definition) is 6. The summed E-state index contributed by atoms with van der Waals surface area (Å²) in [4.78, 5) is 13.2. The minimum Gasteiger partial charge on any atom is -0.394 e. The molecule has 0 aliphatic carbocycles. The Morgan fingerprint density at radius 3 is 1.11 bits per heavy atom. The molecule has 13 heteroatoms. The second-order valence-electron chi connectivity index (χ2n) is 24.5. The molecule has 1 saturated heterocycles. The summed E-state index contributed by atoms with van der Waals surface area (Å²) in [5, 5.41) is 45.1. The van der Waals surface area contributed by atoms with E-state index in [-0.39, 0.29) is 18.9 Å². The predicted octanol–water partition coefficient (Wildman–Crippen LogP) is 17.9. The monoisotopic (exact) mass is 1170 g/mol. The van der Waals surface area contributed by atoms with Gasteiger partial charge in [-0.3, -0.25) is 9.35 Å². The first-order valence-corrected chi connectivity index (χ1v) is 36.1. The Hall–Kier alpha value is -1.42. The Morgan fingerprint density at radius 1 is 0.481 bits per heavy atom. The highest BCUT2D eigenvalue weighted by molar-refractivity contribution is 7.80. The van der Waals surface area contributed by atoms with Crippen LogP contribution in [0.3, 0.4) is 0 Å². The van der Waals surface area contributed by atoms with Crippen molar-refractivity contribution in [1.82, 2.24) is 5.32 Å². The average Bonchev–Trinajstić information content (AvgIpc) is 3.50. The van der Waals surface area contributed by atoms with Crippen molar-refractivity contribution >= 4 is 16.3 Å². The average molecular weight is 1170 g/mol. The highest BCUT2D eigenvalue weighted by Gasteiger charge is 2.48. The zero-order valence-corrected chi connectivity index (χ0v) is 53.4. The van der Waals surface area contributed by atoms with E-state index in [0.29, 0.717) is 6.42 Å². The standard InChI is InChI=1S/C68H131NO11S/c1-3-5-7-9-11-13-15-17-19-21-23-25-26-27-28-29-30-31-32-33-34-35-36-38-40-42-44-46-48-50-52-54-56-58-64(72)69-61(60-78-68-66(74)67(80-81(75,76)77)65(73)63(59-70)79-68)62(71)57-55-53-51-49-47-45-43-41-39-37-24-22-20-18-16-14-12-10-8-6-4-2/h27-28,55,57,61-63,65-68,70-71,73-74H,3-26,29-54,56,58-60H2,1-2H3,(H,69,72)(H,75,76,77)/b28-27-,57-55+. The Kier molecular flexibility index (Phi) is 55.2. The molecule has 0 aromatic carbocycles. The van der Waals surface area contributed by atoms with Gasteiger partial charge in [0, 0.05) is 6.42 Å². The van der Waals surface area contributed by atoms with Crippen LogP contribution in [0.4, 0.5) is 0 Å². The molecule has 0 spiro atoms. The smallest absolute Gasteiger partial charge is 0.394 e. The van der Waals surface area contributed by atoms with E-state index >= 15 is 0 Å². The minimum absolute atomic E-state index is 0.255. The summed E-state index contributed by atoms with van der Waals surface area (Å²) in [5.41, 5.74) is 0. The maximum Gasteiger partial charge on any atom is 0.397 e. The Bertz CT molecular complexity index is 1520. The lowest BCUT2D eigenvalue weighted by molar-refractivity contribution is -0.298. The van der Waals surface area contributed by atoms with Gasteiger partial charge in [0.05, 0.1) is 25.4 Å². The van der Waals surface area contributed by atoms with Gasteiger partial charge in [0.15, 0.2) is 6.29 Å². The minimum atomic E-state index is -5.09. The van der Waals surface area contributed by atoms with Gasteiger partial charge < -0.3 is 35.2 Å². The lowest BCUT2D eigenvalue weighted by Crippen LogP contribution is -2.61. The fraction of sp³-hybridized carbons (Fsp3) is 0.926. The van der Waals surface area contributed by atoms with Gasteiger partial charge in [-0.05, 0) is 44.9 Å². The molecule has 7 atom stereocenters. The number of ether oxygens (including phenoxy) is 2. The first-order valence-electron chi connectivity index (χ1n) is 34.7. The van der Waals surface area contributed by atoms with Crippen LogP contribution in [-0.4, -0.2) is 95.4 Å². The van der Waals surface area contributed by atoms with Crippen LogP contribution < -0.4 is 5.32 Å². The van der Waals surface area contributed by atoms with E-state index < -0.39 is 59.9 Å². The van der Waals surface area contributed by atoms with Crippen LogP contribution in [-0.2, 0) is 28.9 Å². The van der Waals surface area contributed by atoms with E-state index in [1.807, 2.05) is 6.08 Å². The number of aliphatic hydroxyl groups is 4. The van der Waals surface area contributed by atoms with Gasteiger partial charge in [-0.1, -0.05) is 321 Å². The SMILES string of the molecule is CCCCCCCCCCCCCC/C=C\CCCCCCCCCCCCCCCCCCCC(=O)NC(COC1OC(CO)C(O)C(OS(=O)(=O)O)C1O)C(O)/C=C/CCCCCCCCCCCCCCCCCCCCC. The third-order valence-electron chi connectivity index (χ3n) is 16.7. The zero-order valence-electron chi connectivity index (χ0n) is 52.6. The van der Waals surface area contributed by atoms with E-state index in [9.17, 15) is 38.2 Å². The third-order valence-corrected chi connectivity index (χ3v) is 17.2. The Labute approximate surface area is 499 Å². The van der Waals surface area contributed by atoms with Gasteiger partial charge in [0.25, 0.3) is 0 Å². The summed E-state index contributed by atoms with van der Waals surface area (Å²) in [6.07, 6.45) is 65.4. The topological polar surface area (TPSA) is 192 Å². The molecule has 7 unspecified atom stereocenters. The largest absolute Gasteiger partial charge is 0.397 e. The van der Waals surface area contributed by atoms with Gasteiger partial charge in [-0.2, -0.15) is 8.42 Å². The molecule has 0 aromatic rings. The van der Waals surface area contributed by atoms with E-state index in [4.69, 9.17) is 9.47 Å². The van der Waals surface area contributed by atoms with Crippen molar-refractivity contribution in [3.8, 4) is 0 Å². The molecular weight excluding hydrogens is 1040 g/mol. The summed E-state index contributed by atoms with van der Waals surface area (Å²) < 4.78 is 48.0. The van der Waals surface area contributed by atoms with Crippen molar-refractivity contribution in [2.75, 3.05) is 13.2 Å². The predicted molar refractivity (Wildman–Crippen MR) is 338 cm³/mol. The normalized spacial score (nSPS) is 18.6. The highest BCUT2D eigenvalue weighted by atomic mass is 32.3. The second-order valence-corrected chi connectivity index (χ2v) is 25.5. The lowest BCUT2D eigenvalue weighted by atomic mass is 9.99. The summed E-state index contributed by atoms with van der Waals surface area (Å²) >= 11 is 0. The number of carbonyl (C=O) groups excluding carboxylic acids is 1. The molecule has 1 heterocycles. The van der Waals surface area contributed by atoms with Crippen molar-refractivity contribution in [2.24, 2.45) is 0 Å². The Morgan fingerprint density at radius 2 is 0.790 bits per heavy atom. The molecule has 1 rings (SSSR count). The maximum atomic E-state index is 13.2. The van der Waals surface area contributed by atoms with Gasteiger partial charge in [0.2, 0.25) is 5.91 Å². The number of allylic oxidation sites excluding steroid dienone is 3. The number of nitrogens with one attached hydrogen (secondary N) is 1. The fourth-order valence-electron chi connectivity index (χ4n) is 11.4. The summed E-state index contributed by atoms with van der Waals surface area (Å²) in [6, 6.07) is -0.943. The van der Waals surface area contributed by atoms with Gasteiger partial charge in [-0.25, -0.2) is 4.18 Å². The van der Waals surface area contributed by atoms with E-state index in [2.05, 4.69) is 35.5 Å². The highest BCUT2D eigenvalue weighted by Crippen LogP contribution is 2.26. The van der Waals surface area contributed by atoms with E-state index in [0.717, 1.165) is 38.5 Å². The zero-order chi connectivity index (χ0) is 59.0. The van der Waals surface area contributed by atoms with Gasteiger partial charge >= 0.3 is 10.4 Å². The number of hydrogen-bond acceptors (Lipinski definition) is 10. The van der Waals surface area contributed by atoms with Crippen LogP contribution in [0, 0.1) is 0 Å². The van der Waals surface area contributed by atoms with Crippen LogP contribution in [0.1, 0.15) is 348 Å². The quantitative estimate of drug-likeness (QED) is 0.0193. The van der Waals surface area contributed by atoms with Crippen LogP contribution in [0.2, 0.25) is 0 Å². The van der Waals surface area contributed by atoms with Gasteiger partial charge in [0.1, 0.15) is 24.4 Å². The van der Waals surface area contributed by atoms with Crippen LogP contribution in [0.5, 0.6) is 0 Å². The number of rotatable bonds is 62. The molecule has 480 valence electrons. The molecule has 1 aliphatic rings. The molecule has 1 amide bonds. The van der Waals surface area contributed by atoms with Crippen molar-refractivity contribution in [3.63, 3.8) is 0 Å². The number of aliphatic hydroxyl groups excluding tert-OH is 4. The Balaban J connectivity index is 2.23. The van der Waals surface area contributed by atoms with Crippen LogP contribution >= 0.6 is 0 Å². The van der Waals surface area contributed by atoms with Crippen molar-refractivity contribution in [2.45, 2.75) is 391 Å². The van der Waals surface area contributed by atoms with Crippen molar-refractivity contribution in [1.29, 1.82) is 0 Å². The van der Waals surface area contributed by atoms with Crippen LogP contribution in [0.15, 0.2) is 24.3 Å². The molecule has 12 nitrogen and oxygen atoms in total. The molecule has 1 aliphatic heterocycles. The number of carbonyl (C=O) groups is 1. The van der Waals surface area contributed by atoms with Gasteiger partial charge in [-0.15, -0.1) is 0 Å². The third kappa shape index (κ3) is 49.4. The van der Waals surface area contributed by atoms with E-state index in [1.54, 1.807) is 6.08 Å². The van der Waals surface area contributed by atoms with Crippen molar-refractivity contribution < 1.29 is 51.8 Å². The van der Waals surface area contributed by atoms with Crippen LogP contribution in [0.25, 0.3) is 0 Å². The first-order chi connectivity index (χ1) is 39.5. The number of unbranched alkanes of at least 4 members (excludes halogenated alkanes) is 48. The first kappa shape index (κ1) is 77.6. The molecule has 1 fully saturated rings. The summed E-state index contributed by atoms with van der Waals surface area (Å²) in [7, 11) is -5.09. The molecule has 0 saturated carbocycles. The summed E-state index contributed by atoms with van der Waals surface area (Å²) in [6.45, 7) is 3.46. The molecule has 0 aromatic heterocycles. The lowest BCUT2D eigenvalue weighted by Gasteiger charge is -2.41.